The summed E-state index contributed by atoms with van der Waals surface area (Å²) in [4.78, 5) is 10.3. The lowest BCUT2D eigenvalue weighted by atomic mass is 10.1. The number of benzene rings is 1. The molecule has 0 bridgehead atoms. The predicted molar refractivity (Wildman–Crippen MR) is 54.7 cm³/mol. The summed E-state index contributed by atoms with van der Waals surface area (Å²) >= 11 is 4.99. The average Bonchev–Trinajstić information content (AvgIpc) is 2.14. The van der Waals surface area contributed by atoms with E-state index in [-0.39, 0.29) is 0 Å². The Kier molecular flexibility index (Phi) is 3.54. The van der Waals surface area contributed by atoms with Crippen LogP contribution in [0.4, 0.5) is 13.2 Å². The fourth-order valence-electron chi connectivity index (χ4n) is 1.16. The highest BCUT2D eigenvalue weighted by molar-refractivity contribution is 7.90. The Bertz CT molecular complexity index is 563. The molecule has 0 saturated carbocycles. The average molecular weight is 287 g/mol. The minimum absolute atomic E-state index is 0.394. The van der Waals surface area contributed by atoms with Crippen LogP contribution >= 0.6 is 11.6 Å². The lowest BCUT2D eigenvalue weighted by Gasteiger charge is -2.11. The minimum atomic E-state index is -4.85. The third kappa shape index (κ3) is 3.19. The summed E-state index contributed by atoms with van der Waals surface area (Å²) in [6.07, 6.45) is -4.08. The zero-order chi connectivity index (χ0) is 13.4. The Morgan fingerprint density at radius 1 is 1.29 bits per heavy atom. The van der Waals surface area contributed by atoms with Gasteiger partial charge in [0.1, 0.15) is 0 Å². The monoisotopic (exact) mass is 286 g/mol. The number of halogens is 4. The third-order valence-electron chi connectivity index (χ3n) is 1.94. The molecule has 8 heteroatoms. The molecule has 0 unspecified atom stereocenters. The number of carbonyl (C=O) groups is 1. The Hall–Kier alpha value is -1.08. The van der Waals surface area contributed by atoms with Gasteiger partial charge in [-0.15, -0.1) is 0 Å². The molecule has 0 saturated heterocycles. The molecule has 0 aliphatic rings. The maximum absolute atomic E-state index is 12.6. The molecule has 1 aromatic rings. The van der Waals surface area contributed by atoms with Gasteiger partial charge in [0, 0.05) is 11.8 Å². The van der Waals surface area contributed by atoms with E-state index >= 15 is 0 Å². The molecule has 17 heavy (non-hydrogen) atoms. The molecule has 94 valence electrons. The van der Waals surface area contributed by atoms with Gasteiger partial charge in [0.15, 0.2) is 9.84 Å². The highest BCUT2D eigenvalue weighted by atomic mass is 35.5. The van der Waals surface area contributed by atoms with E-state index in [1.165, 1.54) is 0 Å². The van der Waals surface area contributed by atoms with E-state index in [1.54, 1.807) is 0 Å². The van der Waals surface area contributed by atoms with Crippen molar-refractivity contribution in [2.75, 3.05) is 6.26 Å². The number of sulfone groups is 1. The standard InChI is InChI=1S/C9H6ClF3O3S/c1-17(15,16)5-2-3-6(8(10)14)7(4-5)9(11,12)13/h2-4H,1H3. The van der Waals surface area contributed by atoms with E-state index in [2.05, 4.69) is 0 Å². The van der Waals surface area contributed by atoms with Gasteiger partial charge in [-0.25, -0.2) is 8.42 Å². The van der Waals surface area contributed by atoms with Gasteiger partial charge in [0.2, 0.25) is 0 Å². The molecule has 0 N–H and O–H groups in total. The van der Waals surface area contributed by atoms with Crippen molar-refractivity contribution in [3.63, 3.8) is 0 Å². The number of hydrogen-bond donors (Lipinski definition) is 0. The molecule has 0 aromatic heterocycles. The van der Waals surface area contributed by atoms with Crippen LogP contribution in [0, 0.1) is 0 Å². The molecule has 3 nitrogen and oxygen atoms in total. The molecule has 0 amide bonds. The fourth-order valence-corrected chi connectivity index (χ4v) is 1.97. The largest absolute Gasteiger partial charge is 0.417 e. The number of alkyl halides is 3. The Balaban J connectivity index is 3.57. The molecule has 0 atom stereocenters. The highest BCUT2D eigenvalue weighted by Gasteiger charge is 2.35. The van der Waals surface area contributed by atoms with E-state index < -0.39 is 37.3 Å². The molecule has 1 rings (SSSR count). The van der Waals surface area contributed by atoms with E-state index in [4.69, 9.17) is 11.6 Å². The van der Waals surface area contributed by atoms with Gasteiger partial charge in [-0.05, 0) is 29.8 Å². The van der Waals surface area contributed by atoms with Crippen molar-refractivity contribution in [3.8, 4) is 0 Å². The molecular formula is C9H6ClF3O3S. The maximum Gasteiger partial charge on any atom is 0.417 e. The van der Waals surface area contributed by atoms with Crippen LogP contribution in [0.15, 0.2) is 23.1 Å². The van der Waals surface area contributed by atoms with Crippen molar-refractivity contribution in [3.05, 3.63) is 29.3 Å². The lowest BCUT2D eigenvalue weighted by Crippen LogP contribution is -2.12. The predicted octanol–water partition coefficient (Wildman–Crippen LogP) is 2.49. The summed E-state index contributed by atoms with van der Waals surface area (Å²) in [6, 6.07) is 2.04. The lowest BCUT2D eigenvalue weighted by molar-refractivity contribution is -0.138. The number of rotatable bonds is 2. The van der Waals surface area contributed by atoms with Crippen LogP contribution in [0.3, 0.4) is 0 Å². The van der Waals surface area contributed by atoms with E-state index in [0.717, 1.165) is 18.4 Å². The summed E-state index contributed by atoms with van der Waals surface area (Å²) in [5, 5.41) is -1.29. The quantitative estimate of drug-likeness (QED) is 0.785. The first kappa shape index (κ1) is 14.0. The molecule has 0 heterocycles. The van der Waals surface area contributed by atoms with Gasteiger partial charge in [-0.1, -0.05) is 0 Å². The van der Waals surface area contributed by atoms with Crippen LogP contribution < -0.4 is 0 Å². The molecule has 0 aliphatic heterocycles. The molecule has 0 fully saturated rings. The first-order valence-electron chi connectivity index (χ1n) is 4.14. The smallest absolute Gasteiger partial charge is 0.276 e. The Morgan fingerprint density at radius 3 is 2.18 bits per heavy atom. The zero-order valence-electron chi connectivity index (χ0n) is 8.38. The second-order valence-electron chi connectivity index (χ2n) is 3.25. The minimum Gasteiger partial charge on any atom is -0.276 e. The van der Waals surface area contributed by atoms with E-state index in [0.29, 0.717) is 6.07 Å². The van der Waals surface area contributed by atoms with Crippen LogP contribution in [-0.2, 0) is 16.0 Å². The van der Waals surface area contributed by atoms with Crippen LogP contribution in [0.2, 0.25) is 0 Å². The Labute approximate surface area is 100 Å². The molecule has 0 radical (unpaired) electrons. The normalized spacial score (nSPS) is 12.5. The molecular weight excluding hydrogens is 281 g/mol. The summed E-state index contributed by atoms with van der Waals surface area (Å²) in [5.74, 6) is 0. The van der Waals surface area contributed by atoms with Crippen molar-refractivity contribution in [1.29, 1.82) is 0 Å². The molecule has 1 aromatic carbocycles. The van der Waals surface area contributed by atoms with Crippen LogP contribution in [0.25, 0.3) is 0 Å². The second-order valence-corrected chi connectivity index (χ2v) is 5.61. The summed E-state index contributed by atoms with van der Waals surface area (Å²) < 4.78 is 59.9. The Morgan fingerprint density at radius 2 is 1.82 bits per heavy atom. The van der Waals surface area contributed by atoms with Crippen LogP contribution in [0.1, 0.15) is 15.9 Å². The first-order chi connectivity index (χ1) is 7.53. The van der Waals surface area contributed by atoms with Crippen molar-refractivity contribution in [2.45, 2.75) is 11.1 Å². The molecule has 0 spiro atoms. The first-order valence-corrected chi connectivity index (χ1v) is 6.41. The van der Waals surface area contributed by atoms with Crippen LogP contribution in [0.5, 0.6) is 0 Å². The SMILES string of the molecule is CS(=O)(=O)c1ccc(C(=O)Cl)c(C(F)(F)F)c1. The van der Waals surface area contributed by atoms with Crippen molar-refractivity contribution in [2.24, 2.45) is 0 Å². The maximum atomic E-state index is 12.6. The summed E-state index contributed by atoms with van der Waals surface area (Å²) in [5.41, 5.74) is -2.13. The molecule has 0 aliphatic carbocycles. The second kappa shape index (κ2) is 4.30. The zero-order valence-corrected chi connectivity index (χ0v) is 9.95. The number of hydrogen-bond acceptors (Lipinski definition) is 3. The van der Waals surface area contributed by atoms with Gasteiger partial charge >= 0.3 is 6.18 Å². The van der Waals surface area contributed by atoms with Gasteiger partial charge in [0.25, 0.3) is 5.24 Å². The fraction of sp³-hybridized carbons (Fsp3) is 0.222. The van der Waals surface area contributed by atoms with E-state index in [9.17, 15) is 26.4 Å². The summed E-state index contributed by atoms with van der Waals surface area (Å²) in [6.45, 7) is 0. The van der Waals surface area contributed by atoms with Crippen molar-refractivity contribution < 1.29 is 26.4 Å². The van der Waals surface area contributed by atoms with Crippen LogP contribution in [-0.4, -0.2) is 19.9 Å². The van der Waals surface area contributed by atoms with Crippen molar-refractivity contribution in [1.82, 2.24) is 0 Å². The van der Waals surface area contributed by atoms with Gasteiger partial charge < -0.3 is 0 Å². The van der Waals surface area contributed by atoms with E-state index in [1.807, 2.05) is 0 Å². The topological polar surface area (TPSA) is 51.2 Å². The van der Waals surface area contributed by atoms with Crippen molar-refractivity contribution >= 4 is 26.7 Å². The van der Waals surface area contributed by atoms with Gasteiger partial charge in [-0.3, -0.25) is 4.79 Å². The summed E-state index contributed by atoms with van der Waals surface area (Å²) in [7, 11) is -3.78. The van der Waals surface area contributed by atoms with Gasteiger partial charge in [-0.2, -0.15) is 13.2 Å². The van der Waals surface area contributed by atoms with Gasteiger partial charge in [0.05, 0.1) is 10.5 Å². The number of carbonyl (C=O) groups excluding carboxylic acids is 1. The third-order valence-corrected chi connectivity index (χ3v) is 3.25. The highest BCUT2D eigenvalue weighted by Crippen LogP contribution is 2.34.